The number of carbonyl (C=O) groups excluding carboxylic acids is 2. The zero-order valence-electron chi connectivity index (χ0n) is 18.9. The molecule has 2 heterocycles. The van der Waals surface area contributed by atoms with Crippen molar-refractivity contribution in [2.75, 3.05) is 13.1 Å². The van der Waals surface area contributed by atoms with Crippen molar-refractivity contribution in [3.8, 4) is 0 Å². The van der Waals surface area contributed by atoms with Crippen molar-refractivity contribution < 1.29 is 24.2 Å². The number of carbonyl (C=O) groups is 3. The Morgan fingerprint density at radius 2 is 1.65 bits per heavy atom. The van der Waals surface area contributed by atoms with Crippen molar-refractivity contribution in [1.29, 1.82) is 0 Å². The Morgan fingerprint density at radius 3 is 2.39 bits per heavy atom. The van der Waals surface area contributed by atoms with E-state index in [0.29, 0.717) is 31.2 Å². The number of fused-ring (bicyclic) bond motifs is 2. The lowest BCUT2D eigenvalue weighted by atomic mass is 9.77. The van der Waals surface area contributed by atoms with E-state index in [9.17, 15) is 14.4 Å². The second kappa shape index (κ2) is 14.2. The molecule has 2 saturated heterocycles. The molecule has 3 N–H and O–H groups in total. The van der Waals surface area contributed by atoms with Crippen LogP contribution in [-0.4, -0.2) is 48.2 Å². The minimum absolute atomic E-state index is 0.0314. The number of unbranched alkanes of at least 4 members (excludes halogenated alkanes) is 5. The van der Waals surface area contributed by atoms with Crippen molar-refractivity contribution in [1.82, 2.24) is 10.6 Å². The highest BCUT2D eigenvalue weighted by atomic mass is 16.5. The SMILES string of the molecule is CCCCCCCC(=O)NCC(=O)NC[C@H]1[C@@H](CC=CCCCC(=O)O)[C@H]2CC[C@@H]1O2. The van der Waals surface area contributed by atoms with Crippen molar-refractivity contribution >= 4 is 17.8 Å². The highest BCUT2D eigenvalue weighted by Gasteiger charge is 2.47. The molecule has 0 aromatic carbocycles. The summed E-state index contributed by atoms with van der Waals surface area (Å²) in [5.41, 5.74) is 0. The molecule has 7 nitrogen and oxygen atoms in total. The number of amides is 2. The van der Waals surface area contributed by atoms with E-state index >= 15 is 0 Å². The van der Waals surface area contributed by atoms with Gasteiger partial charge in [0, 0.05) is 25.3 Å². The molecule has 2 bridgehead atoms. The highest BCUT2D eigenvalue weighted by Crippen LogP contribution is 2.44. The molecule has 4 atom stereocenters. The highest BCUT2D eigenvalue weighted by molar-refractivity contribution is 5.84. The third-order valence-corrected chi connectivity index (χ3v) is 6.42. The average molecular weight is 437 g/mol. The van der Waals surface area contributed by atoms with Crippen LogP contribution >= 0.6 is 0 Å². The first kappa shape index (κ1) is 25.4. The lowest BCUT2D eigenvalue weighted by Gasteiger charge is -2.27. The number of hydrogen-bond acceptors (Lipinski definition) is 4. The number of ether oxygens (including phenoxy) is 1. The molecule has 0 aromatic rings. The van der Waals surface area contributed by atoms with Gasteiger partial charge in [-0.3, -0.25) is 14.4 Å². The van der Waals surface area contributed by atoms with Gasteiger partial charge in [0.25, 0.3) is 0 Å². The summed E-state index contributed by atoms with van der Waals surface area (Å²) in [7, 11) is 0. The molecule has 31 heavy (non-hydrogen) atoms. The molecule has 0 radical (unpaired) electrons. The molecule has 0 aliphatic carbocycles. The van der Waals surface area contributed by atoms with Crippen LogP contribution in [0.3, 0.4) is 0 Å². The maximum Gasteiger partial charge on any atom is 0.303 e. The minimum Gasteiger partial charge on any atom is -0.481 e. The Bertz CT molecular complexity index is 607. The van der Waals surface area contributed by atoms with E-state index in [4.69, 9.17) is 9.84 Å². The van der Waals surface area contributed by atoms with Crippen molar-refractivity contribution in [3.63, 3.8) is 0 Å². The van der Waals surface area contributed by atoms with E-state index in [1.807, 2.05) is 0 Å². The fourth-order valence-corrected chi connectivity index (χ4v) is 4.67. The molecule has 2 aliphatic heterocycles. The van der Waals surface area contributed by atoms with Crippen LogP contribution in [0.2, 0.25) is 0 Å². The Labute approximate surface area is 186 Å². The second-order valence-corrected chi connectivity index (χ2v) is 8.86. The van der Waals surface area contributed by atoms with Gasteiger partial charge in [-0.2, -0.15) is 0 Å². The number of nitrogens with one attached hydrogen (secondary N) is 2. The van der Waals surface area contributed by atoms with Crippen molar-refractivity contribution in [3.05, 3.63) is 12.2 Å². The van der Waals surface area contributed by atoms with Gasteiger partial charge in [-0.25, -0.2) is 0 Å². The normalized spacial score (nSPS) is 24.5. The summed E-state index contributed by atoms with van der Waals surface area (Å²) >= 11 is 0. The number of carboxylic acids is 1. The number of aliphatic carboxylic acids is 1. The lowest BCUT2D eigenvalue weighted by molar-refractivity contribution is -0.137. The third-order valence-electron chi connectivity index (χ3n) is 6.42. The fraction of sp³-hybridized carbons (Fsp3) is 0.792. The van der Waals surface area contributed by atoms with Crippen LogP contribution in [-0.2, 0) is 19.1 Å². The first-order valence-electron chi connectivity index (χ1n) is 12.1. The second-order valence-electron chi connectivity index (χ2n) is 8.86. The maximum atomic E-state index is 12.2. The Balaban J connectivity index is 1.63. The summed E-state index contributed by atoms with van der Waals surface area (Å²) in [6.45, 7) is 2.77. The minimum atomic E-state index is -0.756. The maximum absolute atomic E-state index is 12.2. The predicted octanol–water partition coefficient (Wildman–Crippen LogP) is 3.57. The summed E-state index contributed by atoms with van der Waals surface area (Å²) in [5, 5.41) is 14.4. The molecule has 0 spiro atoms. The van der Waals surface area contributed by atoms with Crippen LogP contribution in [0.15, 0.2) is 12.2 Å². The standard InChI is InChI=1S/C24H40N2O5/c1-2-3-4-5-9-12-22(27)26-17-23(28)25-16-19-18(20-14-15-21(19)31-20)11-8-6-7-10-13-24(29)30/h6,8,18-21H,2-5,7,9-17H2,1H3,(H,25,28)(H,26,27)(H,29,30)/t18-,19+,20-,21+/m1/s1. The van der Waals surface area contributed by atoms with Crippen LogP contribution in [0.1, 0.15) is 84.0 Å². The van der Waals surface area contributed by atoms with E-state index in [-0.39, 0.29) is 37.0 Å². The van der Waals surface area contributed by atoms with E-state index in [1.165, 1.54) is 12.8 Å². The van der Waals surface area contributed by atoms with Crippen LogP contribution in [0.25, 0.3) is 0 Å². The van der Waals surface area contributed by atoms with Crippen molar-refractivity contribution in [2.24, 2.45) is 11.8 Å². The number of rotatable bonds is 16. The molecule has 2 fully saturated rings. The van der Waals surface area contributed by atoms with Crippen LogP contribution < -0.4 is 10.6 Å². The van der Waals surface area contributed by atoms with Gasteiger partial charge in [-0.1, -0.05) is 44.8 Å². The van der Waals surface area contributed by atoms with Crippen LogP contribution in [0.5, 0.6) is 0 Å². The molecule has 0 saturated carbocycles. The first-order chi connectivity index (χ1) is 15.0. The van der Waals surface area contributed by atoms with Gasteiger partial charge in [-0.05, 0) is 44.4 Å². The lowest BCUT2D eigenvalue weighted by Crippen LogP contribution is -2.42. The van der Waals surface area contributed by atoms with Gasteiger partial charge in [0.05, 0.1) is 18.8 Å². The topological polar surface area (TPSA) is 105 Å². The summed E-state index contributed by atoms with van der Waals surface area (Å²) in [4.78, 5) is 34.6. The van der Waals surface area contributed by atoms with E-state index < -0.39 is 5.97 Å². The molecule has 176 valence electrons. The molecule has 2 amide bonds. The first-order valence-corrected chi connectivity index (χ1v) is 12.1. The largest absolute Gasteiger partial charge is 0.481 e. The fourth-order valence-electron chi connectivity index (χ4n) is 4.67. The van der Waals surface area contributed by atoms with Gasteiger partial charge in [-0.15, -0.1) is 0 Å². The summed E-state index contributed by atoms with van der Waals surface area (Å²) in [6.07, 6.45) is 15.3. The zero-order valence-corrected chi connectivity index (χ0v) is 18.9. The van der Waals surface area contributed by atoms with E-state index in [0.717, 1.165) is 44.9 Å². The summed E-state index contributed by atoms with van der Waals surface area (Å²) in [5.74, 6) is -0.284. The Kier molecular flexibility index (Phi) is 11.6. The molecular weight excluding hydrogens is 396 g/mol. The molecule has 7 heteroatoms. The molecule has 0 aromatic heterocycles. The smallest absolute Gasteiger partial charge is 0.303 e. The summed E-state index contributed by atoms with van der Waals surface area (Å²) < 4.78 is 6.08. The van der Waals surface area contributed by atoms with Gasteiger partial charge in [0.15, 0.2) is 0 Å². The number of hydrogen-bond donors (Lipinski definition) is 3. The van der Waals surface area contributed by atoms with E-state index in [1.54, 1.807) is 0 Å². The number of carboxylic acid groups (broad SMARTS) is 1. The molecular formula is C24H40N2O5. The van der Waals surface area contributed by atoms with Crippen LogP contribution in [0.4, 0.5) is 0 Å². The number of allylic oxidation sites excluding steroid dienone is 2. The molecule has 0 unspecified atom stereocenters. The Morgan fingerprint density at radius 1 is 0.903 bits per heavy atom. The van der Waals surface area contributed by atoms with Crippen molar-refractivity contribution in [2.45, 2.75) is 96.2 Å². The van der Waals surface area contributed by atoms with Gasteiger partial charge >= 0.3 is 5.97 Å². The Hall–Kier alpha value is -1.89. The molecule has 2 rings (SSSR count). The summed E-state index contributed by atoms with van der Waals surface area (Å²) in [6, 6.07) is 0. The average Bonchev–Trinajstić information content (AvgIpc) is 3.34. The van der Waals surface area contributed by atoms with Crippen LogP contribution in [0, 0.1) is 11.8 Å². The predicted molar refractivity (Wildman–Crippen MR) is 120 cm³/mol. The van der Waals surface area contributed by atoms with Gasteiger partial charge < -0.3 is 20.5 Å². The molecule has 2 aliphatic rings. The zero-order chi connectivity index (χ0) is 22.5. The monoisotopic (exact) mass is 436 g/mol. The van der Waals surface area contributed by atoms with E-state index in [2.05, 4.69) is 29.7 Å². The van der Waals surface area contributed by atoms with Gasteiger partial charge in [0.2, 0.25) is 11.8 Å². The third kappa shape index (κ3) is 9.42. The van der Waals surface area contributed by atoms with Gasteiger partial charge in [0.1, 0.15) is 0 Å². The quantitative estimate of drug-likeness (QED) is 0.253.